The Labute approximate surface area is 132 Å². The van der Waals surface area contributed by atoms with Crippen LogP contribution in [0, 0.1) is 6.92 Å². The third-order valence-electron chi connectivity index (χ3n) is 3.27. The Kier molecular flexibility index (Phi) is 4.96. The van der Waals surface area contributed by atoms with Crippen molar-refractivity contribution in [1.29, 1.82) is 0 Å². The van der Waals surface area contributed by atoms with Crippen LogP contribution in [0.3, 0.4) is 0 Å². The fourth-order valence-electron chi connectivity index (χ4n) is 2.19. The Hall–Kier alpha value is -0.960. The summed E-state index contributed by atoms with van der Waals surface area (Å²) in [5, 5.41) is 0.101. The van der Waals surface area contributed by atoms with Crippen molar-refractivity contribution in [1.82, 2.24) is 4.31 Å². The summed E-state index contributed by atoms with van der Waals surface area (Å²) in [6.07, 6.45) is 0. The van der Waals surface area contributed by atoms with E-state index >= 15 is 0 Å². The molecule has 0 unspecified atom stereocenters. The molecule has 1 aromatic rings. The van der Waals surface area contributed by atoms with E-state index in [-0.39, 0.29) is 23.1 Å². The van der Waals surface area contributed by atoms with Crippen molar-refractivity contribution >= 4 is 21.6 Å². The molecule has 124 valence electrons. The number of sulfonamides is 1. The van der Waals surface area contributed by atoms with Crippen molar-refractivity contribution in [3.63, 3.8) is 0 Å². The van der Waals surface area contributed by atoms with Gasteiger partial charge < -0.3 is 9.47 Å². The molecule has 9 heteroatoms. The average molecular weight is 356 g/mol. The molecule has 22 heavy (non-hydrogen) atoms. The van der Waals surface area contributed by atoms with Gasteiger partial charge in [0.2, 0.25) is 10.0 Å². The maximum atomic E-state index is 13.6. The number of halogens is 3. The van der Waals surface area contributed by atoms with Crippen LogP contribution in [0.2, 0.25) is 5.02 Å². The van der Waals surface area contributed by atoms with E-state index in [1.807, 2.05) is 0 Å². The molecule has 0 bridgehead atoms. The molecule has 0 aliphatic carbocycles. The molecule has 1 saturated heterocycles. The number of nitrogens with zero attached hydrogens (tertiary/aromatic N) is 1. The van der Waals surface area contributed by atoms with Crippen LogP contribution < -0.4 is 4.74 Å². The molecule has 0 N–H and O–H groups in total. The average Bonchev–Trinajstić information content (AvgIpc) is 2.62. The Morgan fingerprint density at radius 2 is 2.09 bits per heavy atom. The molecule has 1 fully saturated rings. The molecule has 2 rings (SSSR count). The highest BCUT2D eigenvalue weighted by molar-refractivity contribution is 7.89. The normalized spacial score (nSPS) is 19.7. The van der Waals surface area contributed by atoms with E-state index in [4.69, 9.17) is 21.1 Å². The number of alkyl halides is 2. The molecule has 0 aromatic heterocycles. The van der Waals surface area contributed by atoms with Gasteiger partial charge in [0.25, 0.3) is 5.92 Å². The molecule has 1 aliphatic rings. The van der Waals surface area contributed by atoms with E-state index < -0.39 is 29.1 Å². The lowest BCUT2D eigenvalue weighted by molar-refractivity contribution is -0.0630. The highest BCUT2D eigenvalue weighted by Gasteiger charge is 2.40. The zero-order chi connectivity index (χ0) is 16.5. The van der Waals surface area contributed by atoms with E-state index in [9.17, 15) is 17.2 Å². The van der Waals surface area contributed by atoms with E-state index in [2.05, 4.69) is 0 Å². The molecule has 0 amide bonds. The fourth-order valence-corrected chi connectivity index (χ4v) is 4.18. The lowest BCUT2D eigenvalue weighted by Crippen LogP contribution is -2.41. The van der Waals surface area contributed by atoms with Gasteiger partial charge in [-0.2, -0.15) is 4.31 Å². The van der Waals surface area contributed by atoms with Gasteiger partial charge in [-0.05, 0) is 24.6 Å². The molecule has 0 radical (unpaired) electrons. The van der Waals surface area contributed by atoms with E-state index in [1.165, 1.54) is 19.2 Å². The lowest BCUT2D eigenvalue weighted by atomic mass is 10.2. The first-order valence-corrected chi connectivity index (χ1v) is 8.29. The van der Waals surface area contributed by atoms with Gasteiger partial charge in [-0.25, -0.2) is 17.2 Å². The van der Waals surface area contributed by atoms with Gasteiger partial charge in [0.05, 0.1) is 30.2 Å². The van der Waals surface area contributed by atoms with Crippen LogP contribution in [0.5, 0.6) is 5.75 Å². The number of rotatable bonds is 3. The van der Waals surface area contributed by atoms with Crippen molar-refractivity contribution in [2.24, 2.45) is 0 Å². The summed E-state index contributed by atoms with van der Waals surface area (Å²) in [6.45, 7) is -0.378. The van der Waals surface area contributed by atoms with Crippen molar-refractivity contribution in [3.8, 4) is 5.75 Å². The maximum Gasteiger partial charge on any atom is 0.284 e. The number of aryl methyl sites for hydroxylation is 1. The lowest BCUT2D eigenvalue weighted by Gasteiger charge is -2.23. The highest BCUT2D eigenvalue weighted by atomic mass is 35.5. The molecule has 1 aliphatic heterocycles. The monoisotopic (exact) mass is 355 g/mol. The predicted octanol–water partition coefficient (Wildman–Crippen LogP) is 2.31. The van der Waals surface area contributed by atoms with Gasteiger partial charge in [0.1, 0.15) is 12.4 Å². The van der Waals surface area contributed by atoms with Crippen LogP contribution in [0.1, 0.15) is 5.56 Å². The molecule has 0 atom stereocenters. The second-order valence-electron chi connectivity index (χ2n) is 5.00. The van der Waals surface area contributed by atoms with Crippen molar-refractivity contribution in [2.75, 3.05) is 33.4 Å². The second kappa shape index (κ2) is 6.27. The van der Waals surface area contributed by atoms with Crippen LogP contribution in [-0.2, 0) is 14.8 Å². The van der Waals surface area contributed by atoms with Crippen molar-refractivity contribution in [3.05, 3.63) is 22.7 Å². The summed E-state index contributed by atoms with van der Waals surface area (Å²) in [4.78, 5) is -0.115. The smallest absolute Gasteiger partial charge is 0.284 e. The second-order valence-corrected chi connectivity index (χ2v) is 7.31. The largest absolute Gasteiger partial charge is 0.495 e. The van der Waals surface area contributed by atoms with Crippen LogP contribution in [0.4, 0.5) is 8.78 Å². The van der Waals surface area contributed by atoms with Crippen LogP contribution in [-0.4, -0.2) is 52.1 Å². The third kappa shape index (κ3) is 3.51. The van der Waals surface area contributed by atoms with Gasteiger partial charge in [-0.3, -0.25) is 0 Å². The minimum atomic E-state index is -4.10. The van der Waals surface area contributed by atoms with Gasteiger partial charge in [0, 0.05) is 6.54 Å². The van der Waals surface area contributed by atoms with Gasteiger partial charge in [-0.15, -0.1) is 0 Å². The Morgan fingerprint density at radius 1 is 1.41 bits per heavy atom. The highest BCUT2D eigenvalue weighted by Crippen LogP contribution is 2.32. The first-order valence-electron chi connectivity index (χ1n) is 6.47. The van der Waals surface area contributed by atoms with Crippen LogP contribution in [0.25, 0.3) is 0 Å². The first-order chi connectivity index (χ1) is 10.2. The van der Waals surface area contributed by atoms with Crippen molar-refractivity contribution < 1.29 is 26.7 Å². The third-order valence-corrected chi connectivity index (χ3v) is 5.56. The quantitative estimate of drug-likeness (QED) is 0.835. The van der Waals surface area contributed by atoms with Crippen LogP contribution in [0.15, 0.2) is 17.0 Å². The summed E-state index contributed by atoms with van der Waals surface area (Å²) in [7, 11) is -2.70. The standard InChI is InChI=1S/C13H16ClF2NO4S/c1-9-5-11(20-2)10(14)6-12(9)22(18,19)17-3-4-21-8-13(15,16)7-17/h5-6H,3-4,7-8H2,1-2H3. The van der Waals surface area contributed by atoms with Crippen molar-refractivity contribution in [2.45, 2.75) is 17.7 Å². The summed E-state index contributed by atoms with van der Waals surface area (Å²) >= 11 is 5.95. The molecule has 5 nitrogen and oxygen atoms in total. The Bertz CT molecular complexity index is 666. The Balaban J connectivity index is 2.44. The molecule has 0 spiro atoms. The summed E-state index contributed by atoms with van der Waals surface area (Å²) in [6, 6.07) is 2.68. The zero-order valence-corrected chi connectivity index (χ0v) is 13.7. The van der Waals surface area contributed by atoms with Gasteiger partial charge >= 0.3 is 0 Å². The molecular formula is C13H16ClF2NO4S. The number of benzene rings is 1. The predicted molar refractivity (Wildman–Crippen MR) is 77.3 cm³/mol. The van der Waals surface area contributed by atoms with E-state index in [1.54, 1.807) is 6.92 Å². The van der Waals surface area contributed by atoms with Gasteiger partial charge in [-0.1, -0.05) is 11.6 Å². The summed E-state index contributed by atoms with van der Waals surface area (Å²) in [5.41, 5.74) is 0.370. The molecule has 1 aromatic carbocycles. The first kappa shape index (κ1) is 17.4. The molecular weight excluding hydrogens is 340 g/mol. The zero-order valence-electron chi connectivity index (χ0n) is 12.1. The topological polar surface area (TPSA) is 55.8 Å². The molecule has 0 saturated carbocycles. The van der Waals surface area contributed by atoms with Crippen LogP contribution >= 0.6 is 11.6 Å². The fraction of sp³-hybridized carbons (Fsp3) is 0.538. The summed E-state index contributed by atoms with van der Waals surface area (Å²) in [5.74, 6) is -2.91. The van der Waals surface area contributed by atoms with Gasteiger partial charge in [0.15, 0.2) is 0 Å². The number of ether oxygens (including phenoxy) is 2. The SMILES string of the molecule is COc1cc(C)c(S(=O)(=O)N2CCOCC(F)(F)C2)cc1Cl. The minimum Gasteiger partial charge on any atom is -0.495 e. The number of methoxy groups -OCH3 is 1. The van der Waals surface area contributed by atoms with E-state index in [0.717, 1.165) is 4.31 Å². The molecule has 1 heterocycles. The minimum absolute atomic E-state index is 0.0856. The number of hydrogen-bond donors (Lipinski definition) is 0. The Morgan fingerprint density at radius 3 is 2.73 bits per heavy atom. The summed E-state index contributed by atoms with van der Waals surface area (Å²) < 4.78 is 62.9. The maximum absolute atomic E-state index is 13.6. The van der Waals surface area contributed by atoms with E-state index in [0.29, 0.717) is 11.3 Å². The number of hydrogen-bond acceptors (Lipinski definition) is 4.